The van der Waals surface area contributed by atoms with E-state index in [1.54, 1.807) is 14.2 Å². The van der Waals surface area contributed by atoms with Gasteiger partial charge in [-0.15, -0.1) is 0 Å². The van der Waals surface area contributed by atoms with Crippen molar-refractivity contribution in [2.45, 2.75) is 24.8 Å². The molecule has 0 amide bonds. The highest BCUT2D eigenvalue weighted by molar-refractivity contribution is 6.36. The third kappa shape index (κ3) is 4.96. The van der Waals surface area contributed by atoms with Gasteiger partial charge in [0.2, 0.25) is 0 Å². The van der Waals surface area contributed by atoms with E-state index in [9.17, 15) is 0 Å². The molecule has 0 aliphatic heterocycles. The summed E-state index contributed by atoms with van der Waals surface area (Å²) in [5, 5.41) is 0. The third-order valence-corrected chi connectivity index (χ3v) is 3.51. The van der Waals surface area contributed by atoms with Gasteiger partial charge in [0.25, 0.3) is 0 Å². The maximum absolute atomic E-state index is 5.07. The summed E-state index contributed by atoms with van der Waals surface area (Å²) in [5.74, 6) is 0.117. The topological polar surface area (TPSA) is 18.5 Å². The van der Waals surface area contributed by atoms with Crippen molar-refractivity contribution >= 4 is 9.52 Å². The second-order valence-electron chi connectivity index (χ2n) is 2.25. The highest BCUT2D eigenvalue weighted by atomic mass is 28.2. The summed E-state index contributed by atoms with van der Waals surface area (Å²) in [7, 11) is 3.23. The summed E-state index contributed by atoms with van der Waals surface area (Å²) in [6.45, 7) is 3.77. The molecule has 1 radical (unpaired) electrons. The molecule has 0 aliphatic rings. The Morgan fingerprint density at radius 1 is 1.40 bits per heavy atom. The van der Waals surface area contributed by atoms with Crippen LogP contribution in [0.4, 0.5) is 0 Å². The SMILES string of the molecule is [CH2]CCC[SiH2]C(OC)OC. The number of hydrogen-bond donors (Lipinski definition) is 0. The normalized spacial score (nSPS) is 12.0. The second kappa shape index (κ2) is 7.25. The Morgan fingerprint density at radius 2 is 2.00 bits per heavy atom. The standard InChI is InChI=1S/C7H17O2Si/c1-4-5-6-10-7(8-2)9-3/h7H,1,4-6,10H2,2-3H3. The monoisotopic (exact) mass is 161 g/mol. The molecule has 0 bridgehead atoms. The van der Waals surface area contributed by atoms with Gasteiger partial charge in [-0.3, -0.25) is 0 Å². The molecule has 0 aromatic rings. The van der Waals surface area contributed by atoms with E-state index < -0.39 is 0 Å². The van der Waals surface area contributed by atoms with E-state index in [1.165, 1.54) is 12.5 Å². The number of unbranched alkanes of at least 4 members (excludes halogenated alkanes) is 1. The Morgan fingerprint density at radius 3 is 2.40 bits per heavy atom. The number of hydrogen-bond acceptors (Lipinski definition) is 2. The van der Waals surface area contributed by atoms with E-state index in [0.717, 1.165) is 6.42 Å². The van der Waals surface area contributed by atoms with E-state index in [-0.39, 0.29) is 15.4 Å². The molecule has 10 heavy (non-hydrogen) atoms. The Hall–Kier alpha value is 0.137. The zero-order chi connectivity index (χ0) is 7.82. The largest absolute Gasteiger partial charge is 0.360 e. The molecule has 0 aromatic carbocycles. The van der Waals surface area contributed by atoms with Crippen LogP contribution in [-0.2, 0) is 9.47 Å². The lowest BCUT2D eigenvalue weighted by Crippen LogP contribution is -2.20. The van der Waals surface area contributed by atoms with E-state index in [2.05, 4.69) is 6.92 Å². The van der Waals surface area contributed by atoms with Crippen molar-refractivity contribution in [2.75, 3.05) is 14.2 Å². The molecule has 3 heteroatoms. The molecule has 0 heterocycles. The first-order valence-corrected chi connectivity index (χ1v) is 5.51. The predicted octanol–water partition coefficient (Wildman–Crippen LogP) is 0.764. The summed E-state index contributed by atoms with van der Waals surface area (Å²) >= 11 is 0. The lowest BCUT2D eigenvalue weighted by molar-refractivity contribution is -0.0441. The van der Waals surface area contributed by atoms with Crippen molar-refractivity contribution in [3.63, 3.8) is 0 Å². The summed E-state index contributed by atoms with van der Waals surface area (Å²) in [4.78, 5) is 0. The van der Waals surface area contributed by atoms with Crippen LogP contribution >= 0.6 is 0 Å². The van der Waals surface area contributed by atoms with Crippen LogP contribution < -0.4 is 0 Å². The Kier molecular flexibility index (Phi) is 7.35. The molecule has 0 unspecified atom stereocenters. The maximum atomic E-state index is 5.07. The van der Waals surface area contributed by atoms with Gasteiger partial charge in [-0.1, -0.05) is 25.8 Å². The summed E-state index contributed by atoms with van der Waals surface area (Å²) in [5.41, 5.74) is 0. The van der Waals surface area contributed by atoms with Crippen molar-refractivity contribution in [2.24, 2.45) is 0 Å². The minimum atomic E-state index is -0.170. The van der Waals surface area contributed by atoms with Crippen LogP contribution in [0.3, 0.4) is 0 Å². The summed E-state index contributed by atoms with van der Waals surface area (Å²) < 4.78 is 10.1. The molecule has 0 saturated heterocycles. The van der Waals surface area contributed by atoms with Crippen molar-refractivity contribution in [3.05, 3.63) is 6.92 Å². The summed E-state index contributed by atoms with van der Waals surface area (Å²) in [6.07, 6.45) is 2.25. The van der Waals surface area contributed by atoms with Gasteiger partial charge in [0.15, 0.2) is 0 Å². The van der Waals surface area contributed by atoms with Gasteiger partial charge in [0, 0.05) is 14.2 Å². The van der Waals surface area contributed by atoms with E-state index in [0.29, 0.717) is 0 Å². The first-order chi connectivity index (χ1) is 4.85. The maximum Gasteiger partial charge on any atom is 0.134 e. The highest BCUT2D eigenvalue weighted by Crippen LogP contribution is 1.97. The number of rotatable bonds is 6. The van der Waals surface area contributed by atoms with Crippen molar-refractivity contribution in [1.82, 2.24) is 0 Å². The minimum Gasteiger partial charge on any atom is -0.360 e. The van der Waals surface area contributed by atoms with Gasteiger partial charge < -0.3 is 9.47 Å². The molecule has 2 nitrogen and oxygen atoms in total. The molecule has 0 fully saturated rings. The van der Waals surface area contributed by atoms with E-state index >= 15 is 0 Å². The molecule has 0 rings (SSSR count). The molecule has 0 aliphatic carbocycles. The molecule has 0 saturated carbocycles. The van der Waals surface area contributed by atoms with Gasteiger partial charge >= 0.3 is 0 Å². The van der Waals surface area contributed by atoms with Gasteiger partial charge in [0.05, 0.1) is 9.52 Å². The predicted molar refractivity (Wildman–Crippen MR) is 45.7 cm³/mol. The first-order valence-electron chi connectivity index (χ1n) is 3.70. The minimum absolute atomic E-state index is 0.117. The lowest BCUT2D eigenvalue weighted by atomic mass is 10.4. The van der Waals surface area contributed by atoms with Crippen LogP contribution in [0.25, 0.3) is 0 Å². The van der Waals surface area contributed by atoms with Gasteiger partial charge in [-0.05, 0) is 0 Å². The molecule has 61 valence electrons. The van der Waals surface area contributed by atoms with Crippen LogP contribution in [0.5, 0.6) is 0 Å². The molecule has 0 aromatic heterocycles. The number of ether oxygens (including phenoxy) is 2. The Labute approximate surface area is 65.7 Å². The van der Waals surface area contributed by atoms with E-state index in [1.807, 2.05) is 0 Å². The summed E-state index contributed by atoms with van der Waals surface area (Å²) in [6, 6.07) is 1.27. The number of methoxy groups -OCH3 is 2. The average molecular weight is 161 g/mol. The van der Waals surface area contributed by atoms with Crippen LogP contribution in [0.15, 0.2) is 0 Å². The Bertz CT molecular complexity index is 64.6. The van der Waals surface area contributed by atoms with Crippen LogP contribution in [-0.4, -0.2) is 29.7 Å². The fourth-order valence-corrected chi connectivity index (χ4v) is 2.27. The molecular formula is C7H17O2Si. The van der Waals surface area contributed by atoms with Crippen LogP contribution in [0.1, 0.15) is 12.8 Å². The first kappa shape index (κ1) is 10.1. The van der Waals surface area contributed by atoms with Gasteiger partial charge in [0.1, 0.15) is 5.91 Å². The van der Waals surface area contributed by atoms with Crippen molar-refractivity contribution < 1.29 is 9.47 Å². The van der Waals surface area contributed by atoms with E-state index in [4.69, 9.17) is 9.47 Å². The Balaban J connectivity index is 3.09. The lowest BCUT2D eigenvalue weighted by Gasteiger charge is -2.11. The van der Waals surface area contributed by atoms with Crippen molar-refractivity contribution in [3.8, 4) is 0 Å². The fraction of sp³-hybridized carbons (Fsp3) is 0.857. The van der Waals surface area contributed by atoms with Crippen molar-refractivity contribution in [1.29, 1.82) is 0 Å². The van der Waals surface area contributed by atoms with Gasteiger partial charge in [-0.25, -0.2) is 0 Å². The quantitative estimate of drug-likeness (QED) is 0.325. The van der Waals surface area contributed by atoms with Crippen LogP contribution in [0.2, 0.25) is 6.04 Å². The zero-order valence-corrected chi connectivity index (χ0v) is 8.34. The molecule has 0 atom stereocenters. The molecule has 0 N–H and O–H groups in total. The zero-order valence-electron chi connectivity index (χ0n) is 6.93. The van der Waals surface area contributed by atoms with Gasteiger partial charge in [-0.2, -0.15) is 0 Å². The average Bonchev–Trinajstić information content (AvgIpc) is 1.99. The third-order valence-electron chi connectivity index (χ3n) is 1.47. The second-order valence-corrected chi connectivity index (χ2v) is 4.20. The smallest absolute Gasteiger partial charge is 0.134 e. The molecule has 0 spiro atoms. The highest BCUT2D eigenvalue weighted by Gasteiger charge is 2.03. The molecular weight excluding hydrogens is 144 g/mol. The fourth-order valence-electron chi connectivity index (χ4n) is 0.820. The van der Waals surface area contributed by atoms with Crippen LogP contribution in [0, 0.1) is 6.92 Å².